The largest absolute Gasteiger partial charge is 0.324 e. The zero-order valence-electron chi connectivity index (χ0n) is 11.1. The Kier molecular flexibility index (Phi) is 4.35. The molecule has 0 fully saturated rings. The summed E-state index contributed by atoms with van der Waals surface area (Å²) in [5.74, 6) is 0.474. The predicted molar refractivity (Wildman–Crippen MR) is 76.4 cm³/mol. The fourth-order valence-corrected chi connectivity index (χ4v) is 1.77. The smallest absolute Gasteiger partial charge is 0.308 e. The van der Waals surface area contributed by atoms with Gasteiger partial charge in [-0.3, -0.25) is 10.4 Å². The Bertz CT molecular complexity index is 641. The molecular weight excluding hydrogens is 254 g/mol. The van der Waals surface area contributed by atoms with Crippen molar-refractivity contribution in [1.82, 2.24) is 10.2 Å². The van der Waals surface area contributed by atoms with Crippen LogP contribution in [0.1, 0.15) is 24.6 Å². The molecule has 0 radical (unpaired) electrons. The van der Waals surface area contributed by atoms with Gasteiger partial charge in [0.25, 0.3) is 0 Å². The quantitative estimate of drug-likeness (QED) is 0.796. The average Bonchev–Trinajstić information content (AvgIpc) is 2.86. The summed E-state index contributed by atoms with van der Waals surface area (Å²) in [6.07, 6.45) is 1.90. The number of hydrogen-bond donors (Lipinski definition) is 3. The number of carbonyl (C=O) groups is 1. The van der Waals surface area contributed by atoms with Gasteiger partial charge < -0.3 is 5.32 Å². The van der Waals surface area contributed by atoms with E-state index < -0.39 is 6.03 Å². The molecule has 0 saturated carbocycles. The molecule has 20 heavy (non-hydrogen) atoms. The molecule has 0 atom stereocenters. The number of anilines is 2. The Morgan fingerprint density at radius 3 is 3.00 bits per heavy atom. The lowest BCUT2D eigenvalue weighted by molar-refractivity contribution is 0.262. The summed E-state index contributed by atoms with van der Waals surface area (Å²) in [7, 11) is 0. The zero-order chi connectivity index (χ0) is 14.4. The van der Waals surface area contributed by atoms with Gasteiger partial charge in [-0.1, -0.05) is 19.4 Å². The lowest BCUT2D eigenvalue weighted by Crippen LogP contribution is -2.19. The van der Waals surface area contributed by atoms with Crippen molar-refractivity contribution in [2.24, 2.45) is 0 Å². The number of benzene rings is 1. The highest BCUT2D eigenvalue weighted by atomic mass is 16.2. The van der Waals surface area contributed by atoms with Crippen LogP contribution in [-0.2, 0) is 6.42 Å². The molecule has 0 bridgehead atoms. The third-order valence-corrected chi connectivity index (χ3v) is 2.64. The lowest BCUT2D eigenvalue weighted by Gasteiger charge is -2.05. The molecule has 0 aliphatic carbocycles. The second-order valence-corrected chi connectivity index (χ2v) is 4.30. The molecule has 1 aromatic carbocycles. The van der Waals surface area contributed by atoms with E-state index in [0.29, 0.717) is 17.1 Å². The van der Waals surface area contributed by atoms with Crippen molar-refractivity contribution in [3.05, 3.63) is 41.6 Å². The van der Waals surface area contributed by atoms with E-state index in [1.807, 2.05) is 6.07 Å². The second-order valence-electron chi connectivity index (χ2n) is 4.30. The second kappa shape index (κ2) is 6.38. The van der Waals surface area contributed by atoms with Gasteiger partial charge in [-0.05, 0) is 24.6 Å². The Labute approximate surface area is 116 Å². The highest BCUT2D eigenvalue weighted by molar-refractivity contribution is 5.99. The Morgan fingerprint density at radius 1 is 1.40 bits per heavy atom. The highest BCUT2D eigenvalue weighted by Gasteiger charge is 2.06. The van der Waals surface area contributed by atoms with Crippen LogP contribution in [0.15, 0.2) is 30.3 Å². The van der Waals surface area contributed by atoms with E-state index in [4.69, 9.17) is 5.26 Å². The minimum absolute atomic E-state index is 0.394. The van der Waals surface area contributed by atoms with Gasteiger partial charge in [-0.2, -0.15) is 10.4 Å². The van der Waals surface area contributed by atoms with Crippen LogP contribution >= 0.6 is 0 Å². The zero-order valence-corrected chi connectivity index (χ0v) is 11.1. The average molecular weight is 269 g/mol. The fraction of sp³-hybridized carbons (Fsp3) is 0.214. The molecule has 0 aliphatic heterocycles. The minimum Gasteiger partial charge on any atom is -0.308 e. The topological polar surface area (TPSA) is 93.6 Å². The van der Waals surface area contributed by atoms with Crippen LogP contribution in [0.25, 0.3) is 0 Å². The Balaban J connectivity index is 1.96. The number of aromatic nitrogens is 2. The van der Waals surface area contributed by atoms with Crippen molar-refractivity contribution >= 4 is 17.5 Å². The van der Waals surface area contributed by atoms with E-state index in [1.54, 1.807) is 30.3 Å². The van der Waals surface area contributed by atoms with Crippen LogP contribution in [0.3, 0.4) is 0 Å². The first-order valence-electron chi connectivity index (χ1n) is 6.33. The minimum atomic E-state index is -0.394. The third kappa shape index (κ3) is 3.59. The number of aryl methyl sites for hydroxylation is 1. The molecule has 102 valence electrons. The number of urea groups is 1. The first-order valence-corrected chi connectivity index (χ1v) is 6.33. The van der Waals surface area contributed by atoms with E-state index in [9.17, 15) is 4.79 Å². The summed E-state index contributed by atoms with van der Waals surface area (Å²) < 4.78 is 0. The molecule has 6 heteroatoms. The number of amides is 2. The molecular formula is C14H15N5O. The van der Waals surface area contributed by atoms with Gasteiger partial charge in [0.1, 0.15) is 0 Å². The molecule has 3 N–H and O–H groups in total. The van der Waals surface area contributed by atoms with Crippen LogP contribution in [0.2, 0.25) is 0 Å². The molecule has 0 saturated heterocycles. The van der Waals surface area contributed by atoms with Crippen LogP contribution in [0, 0.1) is 11.3 Å². The number of carbonyl (C=O) groups excluding carboxylic acids is 1. The van der Waals surface area contributed by atoms with Gasteiger partial charge >= 0.3 is 6.03 Å². The Morgan fingerprint density at radius 2 is 2.25 bits per heavy atom. The normalized spacial score (nSPS) is 9.80. The molecule has 1 heterocycles. The molecule has 2 aromatic rings. The first kappa shape index (κ1) is 13.6. The summed E-state index contributed by atoms with van der Waals surface area (Å²) in [5, 5.41) is 20.9. The molecule has 1 aromatic heterocycles. The maximum absolute atomic E-state index is 11.8. The Hall–Kier alpha value is -2.81. The van der Waals surface area contributed by atoms with E-state index in [-0.39, 0.29) is 0 Å². The van der Waals surface area contributed by atoms with Gasteiger partial charge in [0.2, 0.25) is 0 Å². The van der Waals surface area contributed by atoms with Crippen molar-refractivity contribution in [3.63, 3.8) is 0 Å². The first-order chi connectivity index (χ1) is 9.71. The van der Waals surface area contributed by atoms with Crippen LogP contribution in [0.5, 0.6) is 0 Å². The maximum Gasteiger partial charge on any atom is 0.324 e. The van der Waals surface area contributed by atoms with Gasteiger partial charge in [0, 0.05) is 17.4 Å². The van der Waals surface area contributed by atoms with E-state index >= 15 is 0 Å². The summed E-state index contributed by atoms with van der Waals surface area (Å²) in [6.45, 7) is 2.07. The van der Waals surface area contributed by atoms with Gasteiger partial charge in [-0.25, -0.2) is 4.79 Å². The van der Waals surface area contributed by atoms with Crippen molar-refractivity contribution < 1.29 is 4.79 Å². The highest BCUT2D eigenvalue weighted by Crippen LogP contribution is 2.11. The van der Waals surface area contributed by atoms with E-state index in [0.717, 1.165) is 18.5 Å². The molecule has 0 unspecified atom stereocenters. The van der Waals surface area contributed by atoms with E-state index in [2.05, 4.69) is 27.8 Å². The summed E-state index contributed by atoms with van der Waals surface area (Å²) in [6, 6.07) is 10.1. The van der Waals surface area contributed by atoms with Crippen molar-refractivity contribution in [2.75, 3.05) is 10.6 Å². The number of hydrogen-bond acceptors (Lipinski definition) is 3. The molecule has 0 aliphatic rings. The van der Waals surface area contributed by atoms with Crippen molar-refractivity contribution in [2.45, 2.75) is 19.8 Å². The monoisotopic (exact) mass is 269 g/mol. The summed E-state index contributed by atoms with van der Waals surface area (Å²) in [4.78, 5) is 11.8. The van der Waals surface area contributed by atoms with E-state index in [1.165, 1.54) is 0 Å². The van der Waals surface area contributed by atoms with Crippen LogP contribution < -0.4 is 10.6 Å². The van der Waals surface area contributed by atoms with Crippen molar-refractivity contribution in [1.29, 1.82) is 5.26 Å². The van der Waals surface area contributed by atoms with Gasteiger partial charge in [-0.15, -0.1) is 0 Å². The number of aromatic amines is 1. The van der Waals surface area contributed by atoms with Crippen LogP contribution in [0.4, 0.5) is 16.3 Å². The number of nitrogens with one attached hydrogen (secondary N) is 3. The SMILES string of the molecule is CCCc1cc(NC(=O)Nc2cccc(C#N)c2)n[nH]1. The predicted octanol–water partition coefficient (Wildman–Crippen LogP) is 2.88. The summed E-state index contributed by atoms with van der Waals surface area (Å²) >= 11 is 0. The molecule has 2 rings (SSSR count). The standard InChI is InChI=1S/C14H15N5O/c1-2-4-12-8-13(19-18-12)17-14(20)16-11-6-3-5-10(7-11)9-15/h3,5-8H,2,4H2,1H3,(H3,16,17,18,19,20). The van der Waals surface area contributed by atoms with Crippen LogP contribution in [-0.4, -0.2) is 16.2 Å². The number of rotatable bonds is 4. The number of nitrogens with zero attached hydrogens (tertiary/aromatic N) is 2. The number of nitriles is 1. The van der Waals surface area contributed by atoms with Gasteiger partial charge in [0.05, 0.1) is 11.6 Å². The molecule has 2 amide bonds. The molecule has 0 spiro atoms. The van der Waals surface area contributed by atoms with Gasteiger partial charge in [0.15, 0.2) is 5.82 Å². The third-order valence-electron chi connectivity index (χ3n) is 2.64. The fourth-order valence-electron chi connectivity index (χ4n) is 1.77. The lowest BCUT2D eigenvalue weighted by atomic mass is 10.2. The number of H-pyrrole nitrogens is 1. The molecule has 6 nitrogen and oxygen atoms in total. The summed E-state index contributed by atoms with van der Waals surface area (Å²) in [5.41, 5.74) is 2.04. The van der Waals surface area contributed by atoms with Crippen molar-refractivity contribution in [3.8, 4) is 6.07 Å². The maximum atomic E-state index is 11.8.